The number of nitrogens with zero attached hydrogens (tertiary/aromatic N) is 4. The highest BCUT2D eigenvalue weighted by atomic mass is 16.5. The van der Waals surface area contributed by atoms with E-state index in [1.54, 1.807) is 12.1 Å². The van der Waals surface area contributed by atoms with Gasteiger partial charge in [0.25, 0.3) is 0 Å². The van der Waals surface area contributed by atoms with Gasteiger partial charge in [-0.2, -0.15) is 10.2 Å². The van der Waals surface area contributed by atoms with Crippen LogP contribution in [-0.2, 0) is 4.74 Å². The number of hydrogen-bond donors (Lipinski definition) is 2. The first kappa shape index (κ1) is 17.1. The number of benzene rings is 1. The minimum atomic E-state index is 0.540. The zero-order chi connectivity index (χ0) is 17.5. The lowest BCUT2D eigenvalue weighted by atomic mass is 10.2. The highest BCUT2D eigenvalue weighted by Crippen LogP contribution is 2.16. The second-order valence-corrected chi connectivity index (χ2v) is 5.91. The van der Waals surface area contributed by atoms with E-state index < -0.39 is 0 Å². The van der Waals surface area contributed by atoms with Crippen LogP contribution in [0.1, 0.15) is 11.3 Å². The Morgan fingerprint density at radius 1 is 1.20 bits per heavy atom. The first-order valence-electron chi connectivity index (χ1n) is 8.40. The summed E-state index contributed by atoms with van der Waals surface area (Å²) in [5.74, 6) is 1.34. The fraction of sp³-hybridized carbons (Fsp3) is 0.389. The number of aromatic nitrogens is 2. The van der Waals surface area contributed by atoms with Crippen molar-refractivity contribution in [3.05, 3.63) is 41.6 Å². The first-order valence-corrected chi connectivity index (χ1v) is 8.40. The third kappa shape index (κ3) is 5.14. The van der Waals surface area contributed by atoms with Gasteiger partial charge in [0.15, 0.2) is 0 Å². The molecule has 7 heteroatoms. The minimum absolute atomic E-state index is 0.540. The molecular weight excluding hydrogens is 316 g/mol. The molecule has 1 aliphatic heterocycles. The molecule has 3 rings (SSSR count). The predicted octanol–water partition coefficient (Wildman–Crippen LogP) is 2.14. The van der Waals surface area contributed by atoms with Crippen LogP contribution in [0.15, 0.2) is 30.3 Å². The van der Waals surface area contributed by atoms with Crippen molar-refractivity contribution in [1.29, 1.82) is 5.26 Å². The quantitative estimate of drug-likeness (QED) is 0.834. The summed E-state index contributed by atoms with van der Waals surface area (Å²) in [6.07, 6.45) is 0. The molecule has 0 spiro atoms. The molecule has 2 N–H and O–H groups in total. The van der Waals surface area contributed by atoms with Gasteiger partial charge in [-0.05, 0) is 31.2 Å². The SMILES string of the molecule is Cc1cc(NCCN2CCOCC2)nc(Nc2ccc(C#N)cc2)n1. The lowest BCUT2D eigenvalue weighted by Crippen LogP contribution is -2.39. The Morgan fingerprint density at radius 3 is 2.68 bits per heavy atom. The summed E-state index contributed by atoms with van der Waals surface area (Å²) < 4.78 is 5.36. The molecule has 2 heterocycles. The second-order valence-electron chi connectivity index (χ2n) is 5.91. The second kappa shape index (κ2) is 8.42. The topological polar surface area (TPSA) is 86.1 Å². The molecule has 1 aromatic carbocycles. The smallest absolute Gasteiger partial charge is 0.229 e. The Kier molecular flexibility index (Phi) is 5.77. The maximum Gasteiger partial charge on any atom is 0.229 e. The summed E-state index contributed by atoms with van der Waals surface area (Å²) in [5.41, 5.74) is 2.37. The van der Waals surface area contributed by atoms with Crippen LogP contribution in [0.25, 0.3) is 0 Å². The van der Waals surface area contributed by atoms with Gasteiger partial charge in [0.2, 0.25) is 5.95 Å². The average Bonchev–Trinajstić information content (AvgIpc) is 2.63. The highest BCUT2D eigenvalue weighted by molar-refractivity contribution is 5.56. The van der Waals surface area contributed by atoms with E-state index in [0.29, 0.717) is 11.5 Å². The van der Waals surface area contributed by atoms with E-state index in [4.69, 9.17) is 10.00 Å². The van der Waals surface area contributed by atoms with Gasteiger partial charge in [-0.25, -0.2) is 4.98 Å². The van der Waals surface area contributed by atoms with E-state index >= 15 is 0 Å². The van der Waals surface area contributed by atoms with E-state index in [2.05, 4.69) is 31.6 Å². The van der Waals surface area contributed by atoms with Crippen molar-refractivity contribution in [2.45, 2.75) is 6.92 Å². The number of rotatable bonds is 6. The van der Waals surface area contributed by atoms with Crippen molar-refractivity contribution in [3.63, 3.8) is 0 Å². The zero-order valence-electron chi connectivity index (χ0n) is 14.3. The summed E-state index contributed by atoms with van der Waals surface area (Å²) in [7, 11) is 0. The molecule has 130 valence electrons. The number of ether oxygens (including phenoxy) is 1. The molecule has 0 amide bonds. The van der Waals surface area contributed by atoms with Crippen molar-refractivity contribution in [1.82, 2.24) is 14.9 Å². The average molecular weight is 338 g/mol. The lowest BCUT2D eigenvalue weighted by molar-refractivity contribution is 0.0398. The number of morpholine rings is 1. The Morgan fingerprint density at radius 2 is 1.96 bits per heavy atom. The first-order chi connectivity index (χ1) is 12.2. The van der Waals surface area contributed by atoms with Gasteiger partial charge in [-0.1, -0.05) is 0 Å². The Balaban J connectivity index is 1.58. The van der Waals surface area contributed by atoms with Crippen LogP contribution in [0.4, 0.5) is 17.5 Å². The molecule has 0 unspecified atom stereocenters. The van der Waals surface area contributed by atoms with Crippen molar-refractivity contribution in [2.24, 2.45) is 0 Å². The van der Waals surface area contributed by atoms with E-state index in [1.807, 2.05) is 25.1 Å². The number of aryl methyl sites for hydroxylation is 1. The van der Waals surface area contributed by atoms with E-state index in [0.717, 1.165) is 56.6 Å². The van der Waals surface area contributed by atoms with Gasteiger partial charge in [-0.15, -0.1) is 0 Å². The van der Waals surface area contributed by atoms with Gasteiger partial charge >= 0.3 is 0 Å². The molecule has 0 aliphatic carbocycles. The van der Waals surface area contributed by atoms with Gasteiger partial charge < -0.3 is 15.4 Å². The summed E-state index contributed by atoms with van der Waals surface area (Å²) in [6.45, 7) is 7.32. The molecule has 0 atom stereocenters. The van der Waals surface area contributed by atoms with Gasteiger partial charge in [0, 0.05) is 43.6 Å². The summed E-state index contributed by atoms with van der Waals surface area (Å²) in [6, 6.07) is 11.3. The van der Waals surface area contributed by atoms with Crippen LogP contribution < -0.4 is 10.6 Å². The molecule has 0 saturated carbocycles. The van der Waals surface area contributed by atoms with Crippen molar-refractivity contribution < 1.29 is 4.74 Å². The Bertz CT molecular complexity index is 734. The van der Waals surface area contributed by atoms with E-state index in [-0.39, 0.29) is 0 Å². The fourth-order valence-corrected chi connectivity index (χ4v) is 2.64. The minimum Gasteiger partial charge on any atom is -0.379 e. The Labute approximate surface area is 147 Å². The van der Waals surface area contributed by atoms with Gasteiger partial charge in [0.1, 0.15) is 5.82 Å². The fourth-order valence-electron chi connectivity index (χ4n) is 2.64. The molecule has 25 heavy (non-hydrogen) atoms. The third-order valence-electron chi connectivity index (χ3n) is 3.96. The molecule has 1 aromatic heterocycles. The maximum absolute atomic E-state index is 8.85. The summed E-state index contributed by atoms with van der Waals surface area (Å²) >= 11 is 0. The van der Waals surface area contributed by atoms with Crippen molar-refractivity contribution in [3.8, 4) is 6.07 Å². The maximum atomic E-state index is 8.85. The number of hydrogen-bond acceptors (Lipinski definition) is 7. The van der Waals surface area contributed by atoms with E-state index in [9.17, 15) is 0 Å². The predicted molar refractivity (Wildman–Crippen MR) is 97.0 cm³/mol. The van der Waals surface area contributed by atoms with Crippen LogP contribution >= 0.6 is 0 Å². The molecule has 0 bridgehead atoms. The highest BCUT2D eigenvalue weighted by Gasteiger charge is 2.09. The summed E-state index contributed by atoms with van der Waals surface area (Å²) in [4.78, 5) is 11.3. The van der Waals surface area contributed by atoms with Gasteiger partial charge in [-0.3, -0.25) is 4.90 Å². The molecule has 7 nitrogen and oxygen atoms in total. The van der Waals surface area contributed by atoms with Crippen LogP contribution in [0.2, 0.25) is 0 Å². The molecule has 0 radical (unpaired) electrons. The standard InChI is InChI=1S/C18H22N6O/c1-14-12-17(20-6-7-24-8-10-25-11-9-24)23-18(21-14)22-16-4-2-15(13-19)3-5-16/h2-5,12H,6-11H2,1H3,(H2,20,21,22,23). The van der Waals surface area contributed by atoms with Crippen LogP contribution in [0.3, 0.4) is 0 Å². The normalized spacial score (nSPS) is 14.7. The summed E-state index contributed by atoms with van der Waals surface area (Å²) in [5, 5.41) is 15.4. The monoisotopic (exact) mass is 338 g/mol. The van der Waals surface area contributed by atoms with Crippen molar-refractivity contribution >= 4 is 17.5 Å². The third-order valence-corrected chi connectivity index (χ3v) is 3.96. The zero-order valence-corrected chi connectivity index (χ0v) is 14.3. The molecule has 1 saturated heterocycles. The van der Waals surface area contributed by atoms with Crippen molar-refractivity contribution in [2.75, 3.05) is 50.0 Å². The van der Waals surface area contributed by atoms with Crippen LogP contribution in [-0.4, -0.2) is 54.3 Å². The number of nitriles is 1. The molecular formula is C18H22N6O. The van der Waals surface area contributed by atoms with Crippen LogP contribution in [0.5, 0.6) is 0 Å². The number of nitrogens with one attached hydrogen (secondary N) is 2. The van der Waals surface area contributed by atoms with Crippen LogP contribution in [0, 0.1) is 18.3 Å². The Hall–Kier alpha value is -2.69. The molecule has 1 fully saturated rings. The molecule has 1 aliphatic rings. The van der Waals surface area contributed by atoms with Gasteiger partial charge in [0.05, 0.1) is 24.8 Å². The lowest BCUT2D eigenvalue weighted by Gasteiger charge is -2.26. The molecule has 2 aromatic rings. The van der Waals surface area contributed by atoms with E-state index in [1.165, 1.54) is 0 Å². The largest absolute Gasteiger partial charge is 0.379 e. The number of anilines is 3.